The molecule has 3 nitrogen and oxygen atoms in total. The first-order chi connectivity index (χ1) is 8.09. The molecule has 1 N–H and O–H groups in total. The van der Waals surface area contributed by atoms with Gasteiger partial charge in [0.25, 0.3) is 0 Å². The van der Waals surface area contributed by atoms with E-state index in [0.717, 1.165) is 11.6 Å². The van der Waals surface area contributed by atoms with E-state index in [0.29, 0.717) is 5.92 Å². The van der Waals surface area contributed by atoms with Crippen LogP contribution in [0.2, 0.25) is 0 Å². The zero-order valence-corrected chi connectivity index (χ0v) is 18.7. The van der Waals surface area contributed by atoms with E-state index in [2.05, 4.69) is 36.0 Å². The molecule has 0 amide bonds. The van der Waals surface area contributed by atoms with Crippen molar-refractivity contribution in [3.8, 4) is 0 Å². The second kappa shape index (κ2) is 6.35. The Morgan fingerprint density at radius 2 is 1.63 bits per heavy atom. The number of thioether (sulfide) groups is 1. The van der Waals surface area contributed by atoms with Crippen LogP contribution >= 0.6 is 64.7 Å². The molecule has 1 aliphatic heterocycles. The molecule has 0 aromatic rings. The minimum absolute atomic E-state index is 0.0155. The van der Waals surface area contributed by atoms with E-state index in [1.807, 2.05) is 7.05 Å². The summed E-state index contributed by atoms with van der Waals surface area (Å²) in [4.78, 5) is 3.01. The summed E-state index contributed by atoms with van der Waals surface area (Å²) in [5.74, 6) is 0.530. The first kappa shape index (κ1) is 21.2. The van der Waals surface area contributed by atoms with E-state index in [9.17, 15) is 0 Å². The summed E-state index contributed by atoms with van der Waals surface area (Å²) in [7, 11) is 26.8. The van der Waals surface area contributed by atoms with E-state index in [-0.39, 0.29) is 4.87 Å². The fourth-order valence-electron chi connectivity index (χ4n) is 1.22. The maximum atomic E-state index is 5.06. The molecule has 19 heavy (non-hydrogen) atoms. The van der Waals surface area contributed by atoms with Gasteiger partial charge in [-0.05, 0) is 12.3 Å². The number of nitrogens with zero attached hydrogens (tertiary/aromatic N) is 2. The van der Waals surface area contributed by atoms with Gasteiger partial charge < -0.3 is 0 Å². The quantitative estimate of drug-likeness (QED) is 0.524. The van der Waals surface area contributed by atoms with Crippen LogP contribution in [0.25, 0.3) is 0 Å². The summed E-state index contributed by atoms with van der Waals surface area (Å²) >= 11 is 1.74. The van der Waals surface area contributed by atoms with Gasteiger partial charge in [0.1, 0.15) is 0 Å². The van der Waals surface area contributed by atoms with Gasteiger partial charge in [-0.25, -0.2) is 0 Å². The molecule has 0 saturated heterocycles. The molecular weight excluding hydrogens is 505 g/mol. The van der Waals surface area contributed by atoms with Crippen molar-refractivity contribution >= 4 is 79.0 Å². The number of hydrogen-bond donors (Lipinski definition) is 1. The third-order valence-corrected chi connectivity index (χ3v) is 3.88. The number of halogens is 6. The van der Waals surface area contributed by atoms with Gasteiger partial charge in [-0.3, -0.25) is 4.99 Å². The molecule has 0 spiro atoms. The van der Waals surface area contributed by atoms with Crippen LogP contribution in [-0.4, -0.2) is 26.2 Å². The monoisotopic (exact) mass is 517 g/mol. The zero-order valence-electron chi connectivity index (χ0n) is 10.8. The molecule has 0 radical (unpaired) electrons. The van der Waals surface area contributed by atoms with Crippen LogP contribution in [0.15, 0.2) is 10.2 Å². The van der Waals surface area contributed by atoms with Crippen LogP contribution in [0.3, 0.4) is 0 Å². The third-order valence-electron chi connectivity index (χ3n) is 2.21. The number of hydrogen-bond acceptors (Lipinski definition) is 2. The number of nitrogens with one attached hydrogen (secondary N) is 1. The first-order valence-electron chi connectivity index (χ1n) is 5.32. The van der Waals surface area contributed by atoms with Crippen LogP contribution in [0.5, 0.6) is 0 Å². The summed E-state index contributed by atoms with van der Waals surface area (Å²) in [6, 6.07) is 0. The average molecular weight is 521 g/mol. The molecule has 0 fully saturated rings. The Hall–Kier alpha value is 2.18. The molecular formula is C8H16Cl6N3SSb. The topological polar surface area (TPSA) is 38.7 Å². The molecule has 0 aromatic carbocycles. The van der Waals surface area contributed by atoms with Crippen LogP contribution in [0, 0.1) is 5.92 Å². The third kappa shape index (κ3) is 11.4. The number of rotatable bonds is 2. The Labute approximate surface area is 137 Å². The second-order valence-electron chi connectivity index (χ2n) is 4.17. The molecule has 0 aliphatic carbocycles. The van der Waals surface area contributed by atoms with Gasteiger partial charge in [-0.1, -0.05) is 25.9 Å². The van der Waals surface area contributed by atoms with Crippen LogP contribution in [0.1, 0.15) is 27.2 Å². The van der Waals surface area contributed by atoms with Crippen molar-refractivity contribution in [2.45, 2.75) is 32.1 Å². The summed E-state index contributed by atoms with van der Waals surface area (Å²) in [6.45, 7) is 6.53. The van der Waals surface area contributed by atoms with E-state index < -0.39 is 9.14 Å². The molecule has 0 bridgehead atoms. The van der Waals surface area contributed by atoms with Gasteiger partial charge in [0.15, 0.2) is 4.87 Å². The molecule has 11 heteroatoms. The van der Waals surface area contributed by atoms with Crippen molar-refractivity contribution in [2.75, 3.05) is 7.05 Å². The molecule has 1 heterocycles. The molecule has 1 aliphatic rings. The van der Waals surface area contributed by atoms with Gasteiger partial charge in [-0.15, -0.1) is 0 Å². The molecule has 1 unspecified atom stereocenters. The average Bonchev–Trinajstić information content (AvgIpc) is 2.57. The Morgan fingerprint density at radius 3 is 1.79 bits per heavy atom. The van der Waals surface area contributed by atoms with Gasteiger partial charge in [0, 0.05) is 11.8 Å². The van der Waals surface area contributed by atoms with Crippen molar-refractivity contribution in [3.05, 3.63) is 0 Å². The van der Waals surface area contributed by atoms with E-state index in [4.69, 9.17) is 53.0 Å². The van der Waals surface area contributed by atoms with Gasteiger partial charge >= 0.3 is 67.3 Å². The minimum atomic E-state index is -5.42. The molecule has 0 aromatic heterocycles. The first-order valence-corrected chi connectivity index (χ1v) is 25.5. The van der Waals surface area contributed by atoms with E-state index in [1.54, 1.807) is 11.8 Å². The molecule has 1 atom stereocenters. The summed E-state index contributed by atoms with van der Waals surface area (Å²) in [5, 5.41) is 9.35. The number of amidine groups is 1. The molecule has 1 rings (SSSR count). The predicted molar refractivity (Wildman–Crippen MR) is 93.1 cm³/mol. The Balaban J connectivity index is 0.000000399. The Morgan fingerprint density at radius 1 is 1.21 bits per heavy atom. The van der Waals surface area contributed by atoms with Crippen LogP contribution in [-0.2, 0) is 0 Å². The van der Waals surface area contributed by atoms with Crippen LogP contribution in [0.4, 0.5) is 0 Å². The SMILES string of the molecule is CCC1(C(C)C)N=NC(=[NH+]C)S1.[Cl][Sb-]([Cl])([Cl])([Cl])([Cl])[Cl]. The molecule has 0 saturated carbocycles. The Kier molecular flexibility index (Phi) is 7.08. The van der Waals surface area contributed by atoms with Crippen molar-refractivity contribution in [2.24, 2.45) is 16.1 Å². The zero-order chi connectivity index (χ0) is 15.6. The number of azo groups is 1. The maximum absolute atomic E-state index is 5.42. The Bertz CT molecular complexity index is 378. The standard InChI is InChI=1S/C8H15N3S.6ClH.Sb/c1-5-8(6(2)3)11-10-7(9-4)12-8;;;;;;;/h6H,5H2,1-4H3;6*1H;/q;;;;;;;+5/p-5. The van der Waals surface area contributed by atoms with Crippen molar-refractivity contribution in [1.82, 2.24) is 0 Å². The predicted octanol–water partition coefficient (Wildman–Crippen LogP) is 4.77. The van der Waals surface area contributed by atoms with E-state index in [1.165, 1.54) is 0 Å². The van der Waals surface area contributed by atoms with Crippen molar-refractivity contribution in [3.63, 3.8) is 0 Å². The second-order valence-corrected chi connectivity index (χ2v) is 62.4. The fraction of sp³-hybridized carbons (Fsp3) is 0.875. The van der Waals surface area contributed by atoms with Gasteiger partial charge in [0.05, 0.1) is 12.2 Å². The van der Waals surface area contributed by atoms with Gasteiger partial charge in [0.2, 0.25) is 0 Å². The van der Waals surface area contributed by atoms with Crippen molar-refractivity contribution in [1.29, 1.82) is 0 Å². The van der Waals surface area contributed by atoms with Crippen LogP contribution < -0.4 is 4.99 Å². The fourth-order valence-corrected chi connectivity index (χ4v) is 2.20. The summed E-state index contributed by atoms with van der Waals surface area (Å²) in [6.07, 6.45) is 1.03. The van der Waals surface area contributed by atoms with E-state index >= 15 is 0 Å². The van der Waals surface area contributed by atoms with Crippen molar-refractivity contribution < 1.29 is 4.99 Å². The summed E-state index contributed by atoms with van der Waals surface area (Å²) < 4.78 is 0. The normalized spacial score (nSPS) is 28.9. The molecule has 116 valence electrons. The summed E-state index contributed by atoms with van der Waals surface area (Å²) in [5.41, 5.74) is 0. The van der Waals surface area contributed by atoms with Gasteiger partial charge in [-0.2, -0.15) is 0 Å².